The molecule has 1 aliphatic carbocycles. The van der Waals surface area contributed by atoms with Gasteiger partial charge in [-0.3, -0.25) is 9.69 Å². The number of carbonyl (C=O) groups is 1. The van der Waals surface area contributed by atoms with Gasteiger partial charge in [-0.15, -0.1) is 0 Å². The highest BCUT2D eigenvalue weighted by molar-refractivity contribution is 5.71. The van der Waals surface area contributed by atoms with E-state index in [4.69, 9.17) is 10.8 Å². The fraction of sp³-hybridized carbons (Fsp3) is 0.900. The molecule has 4 nitrogen and oxygen atoms in total. The molecule has 0 bridgehead atoms. The first-order chi connectivity index (χ1) is 6.61. The number of piperidine rings is 1. The zero-order chi connectivity index (χ0) is 10.3. The highest BCUT2D eigenvalue weighted by atomic mass is 16.4. The van der Waals surface area contributed by atoms with Crippen molar-refractivity contribution < 1.29 is 9.90 Å². The molecular formula is C10H18N2O2. The summed E-state index contributed by atoms with van der Waals surface area (Å²) in [6.45, 7) is 2.95. The maximum absolute atomic E-state index is 10.9. The monoisotopic (exact) mass is 198 g/mol. The van der Waals surface area contributed by atoms with Crippen LogP contribution in [-0.4, -0.2) is 40.6 Å². The number of hydrogen-bond acceptors (Lipinski definition) is 3. The van der Waals surface area contributed by atoms with Crippen molar-refractivity contribution in [3.05, 3.63) is 0 Å². The van der Waals surface area contributed by atoms with Crippen LogP contribution in [0, 0.1) is 5.92 Å². The fourth-order valence-electron chi connectivity index (χ4n) is 2.45. The van der Waals surface area contributed by atoms with Gasteiger partial charge in [-0.05, 0) is 32.7 Å². The van der Waals surface area contributed by atoms with Crippen LogP contribution in [0.4, 0.5) is 0 Å². The number of likely N-dealkylation sites (tertiary alicyclic amines) is 1. The van der Waals surface area contributed by atoms with E-state index in [-0.39, 0.29) is 18.0 Å². The van der Waals surface area contributed by atoms with E-state index in [9.17, 15) is 4.79 Å². The summed E-state index contributed by atoms with van der Waals surface area (Å²) in [6.07, 6.45) is 3.22. The quantitative estimate of drug-likeness (QED) is 0.668. The average molecular weight is 198 g/mol. The molecule has 1 saturated carbocycles. The van der Waals surface area contributed by atoms with Gasteiger partial charge >= 0.3 is 5.97 Å². The molecule has 2 fully saturated rings. The van der Waals surface area contributed by atoms with Crippen LogP contribution in [0.3, 0.4) is 0 Å². The Morgan fingerprint density at radius 3 is 2.57 bits per heavy atom. The molecule has 0 radical (unpaired) electrons. The molecule has 80 valence electrons. The van der Waals surface area contributed by atoms with E-state index < -0.39 is 5.97 Å². The summed E-state index contributed by atoms with van der Waals surface area (Å²) in [4.78, 5) is 13.3. The van der Waals surface area contributed by atoms with E-state index in [1.54, 1.807) is 0 Å². The van der Waals surface area contributed by atoms with Gasteiger partial charge in [0, 0.05) is 18.1 Å². The second-order valence-electron chi connectivity index (χ2n) is 4.52. The topological polar surface area (TPSA) is 66.6 Å². The maximum Gasteiger partial charge on any atom is 0.308 e. The third-order valence-electron chi connectivity index (χ3n) is 3.58. The van der Waals surface area contributed by atoms with E-state index in [0.29, 0.717) is 12.5 Å². The Balaban J connectivity index is 2.02. The highest BCUT2D eigenvalue weighted by Crippen LogP contribution is 2.33. The lowest BCUT2D eigenvalue weighted by Gasteiger charge is -2.41. The molecule has 4 heteroatoms. The first kappa shape index (κ1) is 9.93. The first-order valence-corrected chi connectivity index (χ1v) is 5.35. The zero-order valence-corrected chi connectivity index (χ0v) is 8.52. The van der Waals surface area contributed by atoms with Gasteiger partial charge in [0.1, 0.15) is 0 Å². The molecule has 0 amide bonds. The van der Waals surface area contributed by atoms with Gasteiger partial charge < -0.3 is 10.8 Å². The molecule has 3 N–H and O–H groups in total. The third kappa shape index (κ3) is 1.64. The Kier molecular flexibility index (Phi) is 2.49. The summed E-state index contributed by atoms with van der Waals surface area (Å²) in [7, 11) is 0. The summed E-state index contributed by atoms with van der Waals surface area (Å²) < 4.78 is 0. The molecule has 3 unspecified atom stereocenters. The lowest BCUT2D eigenvalue weighted by atomic mass is 9.87. The Morgan fingerprint density at radius 1 is 1.43 bits per heavy atom. The van der Waals surface area contributed by atoms with Crippen molar-refractivity contribution in [3.8, 4) is 0 Å². The number of hydrogen-bond donors (Lipinski definition) is 2. The van der Waals surface area contributed by atoms with E-state index in [0.717, 1.165) is 6.54 Å². The Labute approximate surface area is 84.1 Å². The maximum atomic E-state index is 10.9. The fourth-order valence-corrected chi connectivity index (χ4v) is 2.45. The number of nitrogens with zero attached hydrogens (tertiary/aromatic N) is 1. The standard InChI is InChI=1S/C10H18N2O2/c1-6-9(11)8(10(13)14)4-5-12(6)7-2-3-7/h6-9H,2-5,11H2,1H3,(H,13,14). The predicted molar refractivity (Wildman–Crippen MR) is 52.9 cm³/mol. The number of rotatable bonds is 2. The van der Waals surface area contributed by atoms with E-state index >= 15 is 0 Å². The summed E-state index contributed by atoms with van der Waals surface area (Å²) in [6, 6.07) is 0.699. The molecular weight excluding hydrogens is 180 g/mol. The molecule has 1 aliphatic heterocycles. The van der Waals surface area contributed by atoms with Gasteiger partial charge in [0.25, 0.3) is 0 Å². The van der Waals surface area contributed by atoms with Crippen LogP contribution >= 0.6 is 0 Å². The molecule has 2 aliphatic rings. The van der Waals surface area contributed by atoms with Gasteiger partial charge in [0.2, 0.25) is 0 Å². The van der Waals surface area contributed by atoms with Gasteiger partial charge in [-0.25, -0.2) is 0 Å². The van der Waals surface area contributed by atoms with Gasteiger partial charge in [-0.2, -0.15) is 0 Å². The Hall–Kier alpha value is -0.610. The lowest BCUT2D eigenvalue weighted by Crippen LogP contribution is -2.57. The minimum atomic E-state index is -0.736. The summed E-state index contributed by atoms with van der Waals surface area (Å²) in [5.41, 5.74) is 5.96. The van der Waals surface area contributed by atoms with Crippen LogP contribution < -0.4 is 5.73 Å². The number of carboxylic acid groups (broad SMARTS) is 1. The molecule has 1 heterocycles. The molecule has 2 rings (SSSR count). The van der Waals surface area contributed by atoms with Gasteiger partial charge in [0.15, 0.2) is 0 Å². The predicted octanol–water partition coefficient (Wildman–Crippen LogP) is 0.271. The van der Waals surface area contributed by atoms with Crippen molar-refractivity contribution in [1.82, 2.24) is 4.90 Å². The normalized spacial score (nSPS) is 39.7. The van der Waals surface area contributed by atoms with Crippen LogP contribution in [0.25, 0.3) is 0 Å². The molecule has 0 aromatic carbocycles. The Bertz CT molecular complexity index is 240. The second kappa shape index (κ2) is 3.51. The minimum absolute atomic E-state index is 0.207. The van der Waals surface area contributed by atoms with Crippen LogP contribution in [0.5, 0.6) is 0 Å². The molecule has 0 aromatic heterocycles. The van der Waals surface area contributed by atoms with Crippen LogP contribution in [0.15, 0.2) is 0 Å². The van der Waals surface area contributed by atoms with Crippen molar-refractivity contribution in [1.29, 1.82) is 0 Å². The van der Waals surface area contributed by atoms with E-state index in [1.807, 2.05) is 0 Å². The third-order valence-corrected chi connectivity index (χ3v) is 3.58. The van der Waals surface area contributed by atoms with Crippen molar-refractivity contribution in [2.75, 3.05) is 6.54 Å². The van der Waals surface area contributed by atoms with Gasteiger partial charge in [0.05, 0.1) is 5.92 Å². The largest absolute Gasteiger partial charge is 0.481 e. The van der Waals surface area contributed by atoms with Gasteiger partial charge in [-0.1, -0.05) is 0 Å². The molecule has 1 saturated heterocycles. The average Bonchev–Trinajstić information content (AvgIpc) is 2.92. The first-order valence-electron chi connectivity index (χ1n) is 5.35. The lowest BCUT2D eigenvalue weighted by molar-refractivity contribution is -0.145. The number of aliphatic carboxylic acids is 1. The highest BCUT2D eigenvalue weighted by Gasteiger charge is 2.42. The second-order valence-corrected chi connectivity index (χ2v) is 4.52. The van der Waals surface area contributed by atoms with Crippen LogP contribution in [0.2, 0.25) is 0 Å². The summed E-state index contributed by atoms with van der Waals surface area (Å²) in [5.74, 6) is -1.08. The summed E-state index contributed by atoms with van der Waals surface area (Å²) >= 11 is 0. The number of nitrogens with two attached hydrogens (primary N) is 1. The molecule has 14 heavy (non-hydrogen) atoms. The van der Waals surface area contributed by atoms with Crippen molar-refractivity contribution in [2.24, 2.45) is 11.7 Å². The minimum Gasteiger partial charge on any atom is -0.481 e. The zero-order valence-electron chi connectivity index (χ0n) is 8.52. The summed E-state index contributed by atoms with van der Waals surface area (Å²) in [5, 5.41) is 8.97. The van der Waals surface area contributed by atoms with Crippen molar-refractivity contribution >= 4 is 5.97 Å². The van der Waals surface area contributed by atoms with E-state index in [1.165, 1.54) is 12.8 Å². The molecule has 0 spiro atoms. The molecule has 0 aromatic rings. The smallest absolute Gasteiger partial charge is 0.308 e. The van der Waals surface area contributed by atoms with E-state index in [2.05, 4.69) is 11.8 Å². The number of carboxylic acids is 1. The van der Waals surface area contributed by atoms with Crippen LogP contribution in [-0.2, 0) is 4.79 Å². The molecule has 3 atom stereocenters. The van der Waals surface area contributed by atoms with Crippen molar-refractivity contribution in [2.45, 2.75) is 44.3 Å². The van der Waals surface area contributed by atoms with Crippen LogP contribution in [0.1, 0.15) is 26.2 Å². The Morgan fingerprint density at radius 2 is 2.07 bits per heavy atom. The van der Waals surface area contributed by atoms with Crippen molar-refractivity contribution in [3.63, 3.8) is 0 Å². The SMILES string of the molecule is CC1C(N)C(C(=O)O)CCN1C1CC1.